The number of carboxylic acid groups (broad SMARTS) is 1. The molecule has 280 valence electrons. The number of benzene rings is 2. The molecule has 2 aliphatic carbocycles. The first-order valence-corrected chi connectivity index (χ1v) is 15.7. The van der Waals surface area contributed by atoms with Crippen molar-refractivity contribution in [2.45, 2.75) is 81.4 Å². The number of phenolic OH excluding ortho intramolecular Hbond substituents is 2. The molecule has 0 saturated carbocycles. The Morgan fingerprint density at radius 2 is 1.71 bits per heavy atom. The van der Waals surface area contributed by atoms with Crippen LogP contribution in [0.3, 0.4) is 0 Å². The summed E-state index contributed by atoms with van der Waals surface area (Å²) in [6.07, 6.45) is -15.2. The molecule has 1 heterocycles. The molecular weight excluding hydrogens is 707 g/mol. The highest BCUT2D eigenvalue weighted by molar-refractivity contribution is 6.31. The van der Waals surface area contributed by atoms with Crippen LogP contribution in [0.5, 0.6) is 17.2 Å². The van der Waals surface area contributed by atoms with Crippen molar-refractivity contribution < 1.29 is 86.4 Å². The number of esters is 1. The Bertz CT molecular complexity index is 1860. The predicted octanol–water partition coefficient (Wildman–Crippen LogP) is 1.14. The summed E-state index contributed by atoms with van der Waals surface area (Å²) in [5, 5.41) is 55.9. The van der Waals surface area contributed by atoms with Gasteiger partial charge in [0.1, 0.15) is 29.0 Å². The van der Waals surface area contributed by atoms with Gasteiger partial charge in [-0.05, 0) is 13.0 Å². The first-order valence-electron chi connectivity index (χ1n) is 15.7. The van der Waals surface area contributed by atoms with Crippen LogP contribution >= 0.6 is 0 Å². The van der Waals surface area contributed by atoms with Crippen molar-refractivity contribution in [3.05, 3.63) is 51.6 Å². The molecular formula is C33H32F3NO15. The van der Waals surface area contributed by atoms with Gasteiger partial charge in [0.25, 0.3) is 0 Å². The summed E-state index contributed by atoms with van der Waals surface area (Å²) in [5.41, 5.74) is -5.30. The number of rotatable bonds is 10. The van der Waals surface area contributed by atoms with Gasteiger partial charge in [-0.15, -0.1) is 0 Å². The molecule has 6 N–H and O–H groups in total. The second-order valence-electron chi connectivity index (χ2n) is 12.5. The number of carboxylic acids is 1. The lowest BCUT2D eigenvalue weighted by Crippen LogP contribution is -2.57. The normalized spacial score (nSPS) is 25.3. The van der Waals surface area contributed by atoms with E-state index < -0.39 is 150 Å². The molecule has 2 aromatic carbocycles. The number of hydrogen-bond acceptors (Lipinski definition) is 14. The maximum absolute atomic E-state index is 13.9. The Hall–Kier alpha value is -5.11. The van der Waals surface area contributed by atoms with E-state index in [9.17, 15) is 62.4 Å². The van der Waals surface area contributed by atoms with Crippen LogP contribution in [0.1, 0.15) is 81.7 Å². The van der Waals surface area contributed by atoms with E-state index in [0.717, 1.165) is 0 Å². The fourth-order valence-electron chi connectivity index (χ4n) is 6.52. The van der Waals surface area contributed by atoms with Crippen LogP contribution in [0.25, 0.3) is 0 Å². The number of hydrogen-bond donors (Lipinski definition) is 6. The van der Waals surface area contributed by atoms with Crippen molar-refractivity contribution in [2.75, 3.05) is 13.7 Å². The Kier molecular flexibility index (Phi) is 10.4. The van der Waals surface area contributed by atoms with Crippen LogP contribution in [0.4, 0.5) is 13.2 Å². The summed E-state index contributed by atoms with van der Waals surface area (Å²) in [6.45, 7) is 0.142. The second kappa shape index (κ2) is 14.1. The molecule has 1 saturated heterocycles. The Morgan fingerprint density at radius 3 is 2.35 bits per heavy atom. The van der Waals surface area contributed by atoms with Crippen LogP contribution in [-0.4, -0.2) is 111 Å². The fraction of sp³-hybridized carbons (Fsp3) is 0.455. The summed E-state index contributed by atoms with van der Waals surface area (Å²) >= 11 is 0. The standard InChI is InChI=1S/C33H32F3NO15/c1-12-26(42)15(37-31(47)33(34,35)36)8-21(51-12)52-17-10-32(48,18(38)11-50-20(41)7-6-19(39)40)9-14-23(17)30(46)25-24(28(14)44)27(43)13-4-3-5-16(49-2)22(13)29(25)45/h3-5,12,15,17,21,26,42,44,46,48H,6-11H2,1-2H3,(H,37,47)(H,39,40)/t12?,15?,17-,21?,26?,32-/m0/s1. The molecule has 16 nitrogen and oxygen atoms in total. The van der Waals surface area contributed by atoms with E-state index in [0.29, 0.717) is 0 Å². The molecule has 3 aliphatic rings. The molecule has 6 atom stereocenters. The Balaban J connectivity index is 1.57. The van der Waals surface area contributed by atoms with Gasteiger partial charge in [-0.3, -0.25) is 28.8 Å². The summed E-state index contributed by atoms with van der Waals surface area (Å²) in [6, 6.07) is 2.44. The predicted molar refractivity (Wildman–Crippen MR) is 163 cm³/mol. The number of aliphatic carboxylic acids is 1. The van der Waals surface area contributed by atoms with E-state index in [2.05, 4.69) is 0 Å². The number of phenols is 2. The van der Waals surface area contributed by atoms with Gasteiger partial charge in [-0.1, -0.05) is 12.1 Å². The minimum atomic E-state index is -5.32. The van der Waals surface area contributed by atoms with Gasteiger partial charge in [-0.2, -0.15) is 13.2 Å². The zero-order valence-corrected chi connectivity index (χ0v) is 27.3. The Morgan fingerprint density at radius 1 is 1.04 bits per heavy atom. The van der Waals surface area contributed by atoms with Gasteiger partial charge in [0.15, 0.2) is 18.7 Å². The lowest BCUT2D eigenvalue weighted by Gasteiger charge is -2.43. The van der Waals surface area contributed by atoms with Crippen molar-refractivity contribution >= 4 is 35.2 Å². The lowest BCUT2D eigenvalue weighted by molar-refractivity contribution is -0.250. The third-order valence-electron chi connectivity index (χ3n) is 9.10. The number of amides is 1. The highest BCUT2D eigenvalue weighted by Crippen LogP contribution is 2.52. The van der Waals surface area contributed by atoms with Gasteiger partial charge >= 0.3 is 24.0 Å². The lowest BCUT2D eigenvalue weighted by atomic mass is 9.72. The van der Waals surface area contributed by atoms with E-state index in [-0.39, 0.29) is 16.9 Å². The Labute approximate surface area is 291 Å². The summed E-state index contributed by atoms with van der Waals surface area (Å²) in [7, 11) is 1.23. The first kappa shape index (κ1) is 38.1. The molecule has 5 rings (SSSR count). The number of ketones is 3. The monoisotopic (exact) mass is 739 g/mol. The number of ether oxygens (including phenoxy) is 4. The topological polar surface area (TPSA) is 253 Å². The SMILES string of the molecule is COc1cccc2c1C(=O)c1c(O)c3c(c(O)c1C2=O)C[C@@](O)(C(=O)COC(=O)CCC(=O)O)C[C@@H]3OC1CC(NC(=O)C(F)(F)F)C(O)C(C)O1. The number of methoxy groups -OCH3 is 1. The number of aliphatic hydroxyl groups is 2. The fourth-order valence-corrected chi connectivity index (χ4v) is 6.52. The minimum Gasteiger partial charge on any atom is -0.507 e. The summed E-state index contributed by atoms with van der Waals surface area (Å²) < 4.78 is 60.8. The summed E-state index contributed by atoms with van der Waals surface area (Å²) in [5.74, 6) is -9.80. The zero-order valence-electron chi connectivity index (χ0n) is 27.3. The van der Waals surface area contributed by atoms with Crippen LogP contribution in [0.15, 0.2) is 18.2 Å². The second-order valence-corrected chi connectivity index (χ2v) is 12.5. The molecule has 0 spiro atoms. The number of alkyl halides is 3. The number of halogens is 3. The number of nitrogens with one attached hydrogen (secondary N) is 1. The molecule has 0 radical (unpaired) electrons. The van der Waals surface area contributed by atoms with E-state index in [4.69, 9.17) is 24.1 Å². The van der Waals surface area contributed by atoms with Gasteiger partial charge < -0.3 is 49.8 Å². The number of fused-ring (bicyclic) bond motifs is 3. The molecule has 4 unspecified atom stereocenters. The number of carbonyl (C=O) groups is 6. The molecule has 19 heteroatoms. The molecule has 52 heavy (non-hydrogen) atoms. The zero-order chi connectivity index (χ0) is 38.4. The maximum Gasteiger partial charge on any atom is 0.471 e. The maximum atomic E-state index is 13.9. The summed E-state index contributed by atoms with van der Waals surface area (Å²) in [4.78, 5) is 75.5. The van der Waals surface area contributed by atoms with Crippen LogP contribution in [0.2, 0.25) is 0 Å². The van der Waals surface area contributed by atoms with Crippen molar-refractivity contribution in [1.82, 2.24) is 5.32 Å². The molecule has 1 amide bonds. The average Bonchev–Trinajstić information content (AvgIpc) is 3.07. The molecule has 1 fully saturated rings. The van der Waals surface area contributed by atoms with Gasteiger partial charge in [0, 0.05) is 36.0 Å². The van der Waals surface area contributed by atoms with E-state index >= 15 is 0 Å². The molecule has 0 bridgehead atoms. The van der Waals surface area contributed by atoms with Crippen LogP contribution in [0, 0.1) is 0 Å². The molecule has 0 aromatic heterocycles. The van der Waals surface area contributed by atoms with Crippen LogP contribution < -0.4 is 10.1 Å². The van der Waals surface area contributed by atoms with Gasteiger partial charge in [-0.25, -0.2) is 0 Å². The van der Waals surface area contributed by atoms with Crippen molar-refractivity contribution in [2.24, 2.45) is 0 Å². The van der Waals surface area contributed by atoms with Gasteiger partial charge in [0.2, 0.25) is 11.6 Å². The van der Waals surface area contributed by atoms with E-state index in [1.54, 1.807) is 5.32 Å². The third-order valence-corrected chi connectivity index (χ3v) is 9.10. The largest absolute Gasteiger partial charge is 0.507 e. The van der Waals surface area contributed by atoms with Crippen molar-refractivity contribution in [3.63, 3.8) is 0 Å². The van der Waals surface area contributed by atoms with E-state index in [1.165, 1.54) is 32.2 Å². The highest BCUT2D eigenvalue weighted by atomic mass is 19.4. The quantitative estimate of drug-likeness (QED) is 0.126. The van der Waals surface area contributed by atoms with Crippen LogP contribution in [-0.2, 0) is 39.8 Å². The van der Waals surface area contributed by atoms with Gasteiger partial charge in [0.05, 0.1) is 54.9 Å². The molecule has 1 aliphatic heterocycles. The number of aliphatic hydroxyl groups excluding tert-OH is 1. The molecule has 2 aromatic rings. The average molecular weight is 740 g/mol. The van der Waals surface area contributed by atoms with E-state index in [1.807, 2.05) is 0 Å². The minimum absolute atomic E-state index is 0.0427. The number of carbonyl (C=O) groups excluding carboxylic acids is 5. The smallest absolute Gasteiger partial charge is 0.471 e. The highest BCUT2D eigenvalue weighted by Gasteiger charge is 2.51. The number of Topliss-reactive ketones (excluding diaryl/α,β-unsaturated/α-hetero) is 1. The van der Waals surface area contributed by atoms with Crippen molar-refractivity contribution in [1.29, 1.82) is 0 Å². The third kappa shape index (κ3) is 7.03. The van der Waals surface area contributed by atoms with Crippen molar-refractivity contribution in [3.8, 4) is 17.2 Å². The first-order chi connectivity index (χ1) is 24.3. The number of aromatic hydroxyl groups is 2.